The van der Waals surface area contributed by atoms with Gasteiger partial charge in [-0.1, -0.05) is 12.0 Å². The van der Waals surface area contributed by atoms with Crippen molar-refractivity contribution in [2.24, 2.45) is 0 Å². The van der Waals surface area contributed by atoms with Crippen LogP contribution < -0.4 is 16.0 Å². The minimum Gasteiger partial charge on any atom is -0.406 e. The number of amides is 1. The lowest BCUT2D eigenvalue weighted by Gasteiger charge is -2.06. The van der Waals surface area contributed by atoms with Gasteiger partial charge < -0.3 is 20.4 Å². The highest BCUT2D eigenvalue weighted by atomic mass is 16.4. The molecule has 3 N–H and O–H groups in total. The van der Waals surface area contributed by atoms with Gasteiger partial charge >= 0.3 is 6.01 Å². The Morgan fingerprint density at radius 3 is 2.82 bits per heavy atom. The first-order valence-electron chi connectivity index (χ1n) is 5.68. The molecule has 1 unspecified atom stereocenters. The van der Waals surface area contributed by atoms with E-state index in [1.54, 1.807) is 0 Å². The summed E-state index contributed by atoms with van der Waals surface area (Å²) in [6, 6.07) is 0.411. The van der Waals surface area contributed by atoms with Crippen molar-refractivity contribution in [2.75, 3.05) is 25.0 Å². The van der Waals surface area contributed by atoms with E-state index in [2.05, 4.69) is 26.1 Å². The molecule has 96 valence electrons. The molecule has 0 aromatic carbocycles. The zero-order valence-corrected chi connectivity index (χ0v) is 10.4. The highest BCUT2D eigenvalue weighted by molar-refractivity contribution is 5.72. The summed E-state index contributed by atoms with van der Waals surface area (Å²) in [4.78, 5) is 10.6. The minimum absolute atomic E-state index is 0.0402. The lowest BCUT2D eigenvalue weighted by atomic mass is 10.3. The highest BCUT2D eigenvalue weighted by Gasteiger charge is 2.11. The van der Waals surface area contributed by atoms with Gasteiger partial charge in [0.25, 0.3) is 0 Å². The average Bonchev–Trinajstić information content (AvgIpc) is 2.73. The van der Waals surface area contributed by atoms with E-state index in [-0.39, 0.29) is 11.9 Å². The third-order valence-corrected chi connectivity index (χ3v) is 2.10. The van der Waals surface area contributed by atoms with Crippen LogP contribution in [0.25, 0.3) is 0 Å². The van der Waals surface area contributed by atoms with Crippen molar-refractivity contribution in [3.05, 3.63) is 5.89 Å². The lowest BCUT2D eigenvalue weighted by molar-refractivity contribution is -0.118. The van der Waals surface area contributed by atoms with Crippen LogP contribution in [-0.4, -0.2) is 35.7 Å². The predicted molar refractivity (Wildman–Crippen MR) is 63.6 cm³/mol. The van der Waals surface area contributed by atoms with Gasteiger partial charge in [0.05, 0.1) is 6.04 Å². The maximum Gasteiger partial charge on any atom is 0.315 e. The van der Waals surface area contributed by atoms with Gasteiger partial charge in [0, 0.05) is 20.0 Å². The van der Waals surface area contributed by atoms with Crippen molar-refractivity contribution in [1.29, 1.82) is 0 Å². The molecule has 1 aromatic heterocycles. The molecule has 0 aliphatic rings. The number of nitrogens with zero attached hydrogens (tertiary/aromatic N) is 2. The van der Waals surface area contributed by atoms with Crippen LogP contribution in [0.2, 0.25) is 0 Å². The quantitative estimate of drug-likeness (QED) is 0.594. The largest absolute Gasteiger partial charge is 0.406 e. The van der Waals surface area contributed by atoms with Crippen LogP contribution in [0.4, 0.5) is 6.01 Å². The van der Waals surface area contributed by atoms with E-state index in [9.17, 15) is 4.79 Å². The monoisotopic (exact) mass is 241 g/mol. The fourth-order valence-corrected chi connectivity index (χ4v) is 1.28. The lowest BCUT2D eigenvalue weighted by Crippen LogP contribution is -2.26. The van der Waals surface area contributed by atoms with Gasteiger partial charge in [0.1, 0.15) is 0 Å². The van der Waals surface area contributed by atoms with Crippen molar-refractivity contribution in [2.45, 2.75) is 26.8 Å². The molecular weight excluding hydrogens is 222 g/mol. The smallest absolute Gasteiger partial charge is 0.315 e. The molecule has 7 heteroatoms. The van der Waals surface area contributed by atoms with Crippen LogP contribution in [0, 0.1) is 0 Å². The Kier molecular flexibility index (Phi) is 5.41. The highest BCUT2D eigenvalue weighted by Crippen LogP contribution is 2.12. The van der Waals surface area contributed by atoms with E-state index < -0.39 is 0 Å². The number of anilines is 1. The number of carbonyl (C=O) groups is 1. The number of nitrogens with one attached hydrogen (secondary N) is 3. The van der Waals surface area contributed by atoms with Gasteiger partial charge in [-0.05, 0) is 13.5 Å². The molecule has 0 bridgehead atoms. The number of hydrogen-bond donors (Lipinski definition) is 3. The molecule has 1 atom stereocenters. The van der Waals surface area contributed by atoms with E-state index >= 15 is 0 Å². The normalized spacial score (nSPS) is 12.2. The fraction of sp³-hybridized carbons (Fsp3) is 0.700. The summed E-state index contributed by atoms with van der Waals surface area (Å²) >= 11 is 0. The second-order valence-corrected chi connectivity index (χ2v) is 3.63. The van der Waals surface area contributed by atoms with Gasteiger partial charge in [-0.25, -0.2) is 0 Å². The Balaban J connectivity index is 2.32. The second-order valence-electron chi connectivity index (χ2n) is 3.63. The molecule has 1 heterocycles. The van der Waals surface area contributed by atoms with Crippen LogP contribution in [0.1, 0.15) is 32.7 Å². The predicted octanol–water partition coefficient (Wildman–Crippen LogP) is 0.288. The summed E-state index contributed by atoms with van der Waals surface area (Å²) in [5.41, 5.74) is 0. The van der Waals surface area contributed by atoms with Gasteiger partial charge in [-0.2, -0.15) is 0 Å². The maximum absolute atomic E-state index is 10.6. The zero-order chi connectivity index (χ0) is 12.7. The molecule has 0 spiro atoms. The SMILES string of the molecule is CCNC(C)c1nnc(NCCNC(C)=O)o1. The minimum atomic E-state index is -0.0567. The fourth-order valence-electron chi connectivity index (χ4n) is 1.28. The summed E-state index contributed by atoms with van der Waals surface area (Å²) < 4.78 is 5.40. The summed E-state index contributed by atoms with van der Waals surface area (Å²) in [5, 5.41) is 16.5. The van der Waals surface area contributed by atoms with Crippen molar-refractivity contribution >= 4 is 11.9 Å². The first kappa shape index (κ1) is 13.4. The van der Waals surface area contributed by atoms with Crippen molar-refractivity contribution in [3.63, 3.8) is 0 Å². The molecule has 1 amide bonds. The van der Waals surface area contributed by atoms with Gasteiger partial charge in [0.2, 0.25) is 11.8 Å². The Morgan fingerprint density at radius 2 is 2.18 bits per heavy atom. The van der Waals surface area contributed by atoms with Crippen LogP contribution in [0.3, 0.4) is 0 Å². The second kappa shape index (κ2) is 6.85. The molecule has 0 saturated heterocycles. The maximum atomic E-state index is 10.6. The van der Waals surface area contributed by atoms with E-state index in [1.165, 1.54) is 6.92 Å². The Labute approximate surface area is 100 Å². The average molecular weight is 241 g/mol. The first-order chi connectivity index (χ1) is 8.13. The van der Waals surface area contributed by atoms with Gasteiger partial charge in [-0.3, -0.25) is 4.79 Å². The topological polar surface area (TPSA) is 92.1 Å². The zero-order valence-electron chi connectivity index (χ0n) is 10.4. The molecule has 0 radical (unpaired) electrons. The Morgan fingerprint density at radius 1 is 1.41 bits per heavy atom. The first-order valence-corrected chi connectivity index (χ1v) is 5.68. The van der Waals surface area contributed by atoms with Crippen molar-refractivity contribution in [3.8, 4) is 0 Å². The summed E-state index contributed by atoms with van der Waals surface area (Å²) in [7, 11) is 0. The Bertz CT molecular complexity index is 352. The molecule has 17 heavy (non-hydrogen) atoms. The summed E-state index contributed by atoms with van der Waals surface area (Å²) in [6.07, 6.45) is 0. The number of rotatable bonds is 7. The van der Waals surface area contributed by atoms with E-state index in [1.807, 2.05) is 13.8 Å². The molecular formula is C10H19N5O2. The molecule has 0 aliphatic heterocycles. The molecule has 0 saturated carbocycles. The summed E-state index contributed by atoms with van der Waals surface area (Å²) in [5.74, 6) is 0.493. The number of carbonyl (C=O) groups excluding carboxylic acids is 1. The number of hydrogen-bond acceptors (Lipinski definition) is 6. The van der Waals surface area contributed by atoms with Crippen LogP contribution >= 0.6 is 0 Å². The van der Waals surface area contributed by atoms with Crippen molar-refractivity contribution < 1.29 is 9.21 Å². The van der Waals surface area contributed by atoms with Crippen molar-refractivity contribution in [1.82, 2.24) is 20.8 Å². The van der Waals surface area contributed by atoms with Crippen LogP contribution in [0.5, 0.6) is 0 Å². The Hall–Kier alpha value is -1.63. The number of aromatic nitrogens is 2. The molecule has 7 nitrogen and oxygen atoms in total. The standard InChI is InChI=1S/C10H19N5O2/c1-4-11-7(2)9-14-15-10(17-9)13-6-5-12-8(3)16/h7,11H,4-6H2,1-3H3,(H,12,16)(H,13,15). The molecule has 1 aromatic rings. The molecule has 0 aliphatic carbocycles. The van der Waals surface area contributed by atoms with Crippen LogP contribution in [0.15, 0.2) is 4.42 Å². The summed E-state index contributed by atoms with van der Waals surface area (Å²) in [6.45, 7) is 7.36. The third-order valence-electron chi connectivity index (χ3n) is 2.10. The van der Waals surface area contributed by atoms with E-state index in [0.717, 1.165) is 6.54 Å². The third kappa shape index (κ3) is 4.81. The van der Waals surface area contributed by atoms with Gasteiger partial charge in [-0.15, -0.1) is 5.10 Å². The molecule has 1 rings (SSSR count). The van der Waals surface area contributed by atoms with Crippen LogP contribution in [-0.2, 0) is 4.79 Å². The van der Waals surface area contributed by atoms with E-state index in [0.29, 0.717) is 25.0 Å². The van der Waals surface area contributed by atoms with E-state index in [4.69, 9.17) is 4.42 Å². The van der Waals surface area contributed by atoms with Gasteiger partial charge in [0.15, 0.2) is 0 Å². The molecule has 0 fully saturated rings.